The van der Waals surface area contributed by atoms with Gasteiger partial charge in [0.1, 0.15) is 6.54 Å². The molecule has 0 aliphatic rings. The van der Waals surface area contributed by atoms with E-state index in [1.165, 1.54) is 30.3 Å². The average molecular weight is 448 g/mol. The highest BCUT2D eigenvalue weighted by molar-refractivity contribution is 6.42. The Hall–Kier alpha value is -2.49. The highest BCUT2D eigenvalue weighted by Crippen LogP contribution is 2.25. The van der Waals surface area contributed by atoms with E-state index in [4.69, 9.17) is 23.2 Å². The molecular formula is C18H14Cl2F3N3O3. The summed E-state index contributed by atoms with van der Waals surface area (Å²) in [5.74, 6) is -0.627. The number of aromatic amines is 1. The van der Waals surface area contributed by atoms with Gasteiger partial charge in [-0.3, -0.25) is 9.36 Å². The predicted octanol–water partition coefficient (Wildman–Crippen LogP) is 3.66. The largest absolute Gasteiger partial charge is 0.406 e. The van der Waals surface area contributed by atoms with Gasteiger partial charge >= 0.3 is 11.9 Å². The normalized spacial score (nSPS) is 12.9. The number of aliphatic hydroxyl groups excluding tert-OH is 1. The molecule has 3 N–H and O–H groups in total. The number of hydrogen-bond donors (Lipinski definition) is 3. The molecule has 3 aromatic rings. The summed E-state index contributed by atoms with van der Waals surface area (Å²) >= 11 is 11.7. The number of hydrogen-bond acceptors (Lipinski definition) is 3. The number of fused-ring (bicyclic) bond motifs is 1. The lowest BCUT2D eigenvalue weighted by atomic mass is 10.1. The fourth-order valence-corrected chi connectivity index (χ4v) is 3.07. The number of alkyl halides is 3. The Morgan fingerprint density at radius 2 is 1.90 bits per heavy atom. The predicted molar refractivity (Wildman–Crippen MR) is 102 cm³/mol. The molecule has 0 spiro atoms. The Morgan fingerprint density at radius 1 is 1.17 bits per heavy atom. The molecule has 0 aliphatic heterocycles. The molecular weight excluding hydrogens is 434 g/mol. The van der Waals surface area contributed by atoms with E-state index in [0.29, 0.717) is 15.2 Å². The van der Waals surface area contributed by atoms with Crippen molar-refractivity contribution in [2.75, 3.05) is 6.54 Å². The molecule has 154 valence electrons. The minimum Gasteiger partial charge on any atom is -0.387 e. The van der Waals surface area contributed by atoms with E-state index in [9.17, 15) is 27.9 Å². The summed E-state index contributed by atoms with van der Waals surface area (Å²) in [5.41, 5.74) is -0.338. The van der Waals surface area contributed by atoms with Gasteiger partial charge in [-0.1, -0.05) is 29.3 Å². The molecule has 1 aromatic heterocycles. The van der Waals surface area contributed by atoms with Crippen LogP contribution in [0, 0.1) is 0 Å². The zero-order valence-electron chi connectivity index (χ0n) is 14.6. The number of H-pyrrole nitrogens is 1. The van der Waals surface area contributed by atoms with E-state index >= 15 is 0 Å². The third kappa shape index (κ3) is 4.92. The smallest absolute Gasteiger partial charge is 0.387 e. The number of aliphatic hydroxyl groups is 1. The van der Waals surface area contributed by atoms with Crippen LogP contribution in [-0.2, 0) is 6.54 Å². The van der Waals surface area contributed by atoms with Crippen molar-refractivity contribution in [2.24, 2.45) is 0 Å². The summed E-state index contributed by atoms with van der Waals surface area (Å²) in [6.07, 6.45) is -5.67. The number of imidazole rings is 1. The number of nitrogens with one attached hydrogen (secondary N) is 2. The van der Waals surface area contributed by atoms with E-state index < -0.39 is 30.4 Å². The van der Waals surface area contributed by atoms with Crippen LogP contribution in [0.3, 0.4) is 0 Å². The number of nitrogens with zero attached hydrogens (tertiary/aromatic N) is 1. The zero-order valence-corrected chi connectivity index (χ0v) is 16.1. The van der Waals surface area contributed by atoms with Crippen molar-refractivity contribution in [3.63, 3.8) is 0 Å². The highest BCUT2D eigenvalue weighted by Gasteiger charge is 2.30. The van der Waals surface area contributed by atoms with Crippen molar-refractivity contribution in [2.45, 2.75) is 18.8 Å². The third-order valence-electron chi connectivity index (χ3n) is 4.16. The zero-order chi connectivity index (χ0) is 21.3. The van der Waals surface area contributed by atoms with Gasteiger partial charge in [-0.2, -0.15) is 13.2 Å². The summed E-state index contributed by atoms with van der Waals surface area (Å²) in [5, 5.41) is 13.2. The van der Waals surface area contributed by atoms with Crippen molar-refractivity contribution in [3.05, 3.63) is 68.1 Å². The maximum Gasteiger partial charge on any atom is 0.406 e. The van der Waals surface area contributed by atoms with Crippen LogP contribution in [0.15, 0.2) is 41.2 Å². The molecule has 0 aliphatic carbocycles. The second-order valence-electron chi connectivity index (χ2n) is 6.26. The quantitative estimate of drug-likeness (QED) is 0.557. The Kier molecular flexibility index (Phi) is 5.92. The fraction of sp³-hybridized carbons (Fsp3) is 0.222. The van der Waals surface area contributed by atoms with E-state index in [1.54, 1.807) is 6.07 Å². The maximum absolute atomic E-state index is 12.7. The summed E-state index contributed by atoms with van der Waals surface area (Å²) < 4.78 is 38.6. The van der Waals surface area contributed by atoms with Crippen molar-refractivity contribution < 1.29 is 23.1 Å². The van der Waals surface area contributed by atoms with Crippen molar-refractivity contribution in [3.8, 4) is 0 Å². The van der Waals surface area contributed by atoms with Gasteiger partial charge in [0.15, 0.2) is 0 Å². The number of rotatable bonds is 5. The van der Waals surface area contributed by atoms with Crippen LogP contribution in [0.4, 0.5) is 13.2 Å². The summed E-state index contributed by atoms with van der Waals surface area (Å²) in [7, 11) is 0. The Bertz CT molecular complexity index is 1120. The molecule has 3 rings (SSSR count). The summed E-state index contributed by atoms with van der Waals surface area (Å²) in [4.78, 5) is 26.4. The number of carbonyl (C=O) groups is 1. The van der Waals surface area contributed by atoms with Crippen LogP contribution in [0.5, 0.6) is 0 Å². The lowest BCUT2D eigenvalue weighted by molar-refractivity contribution is -0.140. The Labute approximate surface area is 171 Å². The standard InChI is InChI=1S/C18H14Cl2F3N3O3/c19-11-3-1-9(5-12(11)20)15(27)7-24-16(28)10-2-4-13-14(6-10)26(17(29)25-13)8-18(21,22)23/h1-6,15,27H,7-8H2,(H,24,28)(H,25,29). The van der Waals surface area contributed by atoms with Gasteiger partial charge in [-0.15, -0.1) is 0 Å². The molecule has 1 unspecified atom stereocenters. The molecule has 1 atom stereocenters. The second kappa shape index (κ2) is 8.10. The molecule has 29 heavy (non-hydrogen) atoms. The monoisotopic (exact) mass is 447 g/mol. The lowest BCUT2D eigenvalue weighted by Gasteiger charge is -2.13. The Balaban J connectivity index is 1.77. The molecule has 1 amide bonds. The molecule has 11 heteroatoms. The maximum atomic E-state index is 12.7. The molecule has 0 fully saturated rings. The third-order valence-corrected chi connectivity index (χ3v) is 4.90. The molecule has 0 bridgehead atoms. The summed E-state index contributed by atoms with van der Waals surface area (Å²) in [6, 6.07) is 8.39. The molecule has 1 heterocycles. The van der Waals surface area contributed by atoms with Crippen LogP contribution in [0.1, 0.15) is 22.0 Å². The van der Waals surface area contributed by atoms with Crippen LogP contribution >= 0.6 is 23.2 Å². The van der Waals surface area contributed by atoms with Crippen LogP contribution in [0.2, 0.25) is 10.0 Å². The van der Waals surface area contributed by atoms with Crippen molar-refractivity contribution in [1.29, 1.82) is 0 Å². The molecule has 6 nitrogen and oxygen atoms in total. The van der Waals surface area contributed by atoms with Gasteiger partial charge in [0.25, 0.3) is 5.91 Å². The van der Waals surface area contributed by atoms with E-state index in [1.807, 2.05) is 0 Å². The highest BCUT2D eigenvalue weighted by atomic mass is 35.5. The molecule has 0 radical (unpaired) electrons. The lowest BCUT2D eigenvalue weighted by Crippen LogP contribution is -2.28. The first kappa shape index (κ1) is 21.2. The van der Waals surface area contributed by atoms with Gasteiger partial charge in [-0.05, 0) is 35.9 Å². The van der Waals surface area contributed by atoms with Gasteiger partial charge in [0, 0.05) is 12.1 Å². The number of benzene rings is 2. The van der Waals surface area contributed by atoms with E-state index in [-0.39, 0.29) is 28.2 Å². The molecule has 0 saturated heterocycles. The molecule has 2 aromatic carbocycles. The number of aromatic nitrogens is 2. The Morgan fingerprint density at radius 3 is 2.55 bits per heavy atom. The second-order valence-corrected chi connectivity index (χ2v) is 7.08. The first-order valence-electron chi connectivity index (χ1n) is 8.25. The van der Waals surface area contributed by atoms with Gasteiger partial charge in [0.2, 0.25) is 0 Å². The van der Waals surface area contributed by atoms with Crippen LogP contribution in [0.25, 0.3) is 11.0 Å². The summed E-state index contributed by atoms with van der Waals surface area (Å²) in [6.45, 7) is -1.65. The van der Waals surface area contributed by atoms with Gasteiger partial charge < -0.3 is 15.4 Å². The van der Waals surface area contributed by atoms with Gasteiger partial charge in [-0.25, -0.2) is 4.79 Å². The van der Waals surface area contributed by atoms with E-state index in [0.717, 1.165) is 0 Å². The fourth-order valence-electron chi connectivity index (χ4n) is 2.76. The average Bonchev–Trinajstić information content (AvgIpc) is 2.95. The van der Waals surface area contributed by atoms with Crippen LogP contribution < -0.4 is 11.0 Å². The topological polar surface area (TPSA) is 87.1 Å². The van der Waals surface area contributed by atoms with Crippen molar-refractivity contribution >= 4 is 40.1 Å². The van der Waals surface area contributed by atoms with Crippen LogP contribution in [-0.4, -0.2) is 33.3 Å². The minimum absolute atomic E-state index is 0.0359. The minimum atomic E-state index is -4.60. The van der Waals surface area contributed by atoms with Crippen molar-refractivity contribution in [1.82, 2.24) is 14.9 Å². The SMILES string of the molecule is O=C(NCC(O)c1ccc(Cl)c(Cl)c1)c1ccc2[nH]c(=O)n(CC(F)(F)F)c2c1. The first-order chi connectivity index (χ1) is 13.5. The molecule has 0 saturated carbocycles. The van der Waals surface area contributed by atoms with E-state index in [2.05, 4.69) is 10.3 Å². The number of carbonyl (C=O) groups excluding carboxylic acids is 1. The van der Waals surface area contributed by atoms with Gasteiger partial charge in [0.05, 0.1) is 27.2 Å². The number of halogens is 5. The first-order valence-corrected chi connectivity index (χ1v) is 9.01. The number of amides is 1.